The number of nitrogens with one attached hydrogen (secondary N) is 1. The summed E-state index contributed by atoms with van der Waals surface area (Å²) in [6.07, 6.45) is 0. The van der Waals surface area contributed by atoms with Gasteiger partial charge in [0, 0.05) is 26.2 Å². The van der Waals surface area contributed by atoms with Crippen LogP contribution in [0.1, 0.15) is 0 Å². The topological polar surface area (TPSA) is 49.4 Å². The third-order valence-electron chi connectivity index (χ3n) is 2.26. The highest BCUT2D eigenvalue weighted by Gasteiger charge is 2.25. The van der Waals surface area contributed by atoms with E-state index in [2.05, 4.69) is 5.32 Å². The van der Waals surface area contributed by atoms with E-state index in [1.165, 1.54) is 0 Å². The Morgan fingerprint density at radius 1 is 1.15 bits per heavy atom. The Bertz CT molecular complexity index is 389. The smallest absolute Gasteiger partial charge is 0.252 e. The second kappa shape index (κ2) is 3.12. The van der Waals surface area contributed by atoms with Gasteiger partial charge in [-0.05, 0) is 0 Å². The van der Waals surface area contributed by atoms with Crippen molar-refractivity contribution in [3.8, 4) is 0 Å². The van der Waals surface area contributed by atoms with Crippen LogP contribution in [0.15, 0.2) is 9.59 Å². The Balaban J connectivity index is 2.26. The summed E-state index contributed by atoms with van der Waals surface area (Å²) in [4.78, 5) is 23.8. The van der Waals surface area contributed by atoms with E-state index < -0.39 is 10.9 Å². The normalized spacial score (nSPS) is 18.1. The summed E-state index contributed by atoms with van der Waals surface area (Å²) in [5, 5.41) is 3.26. The minimum atomic E-state index is -0.546. The average Bonchev–Trinajstić information content (AvgIpc) is 2.19. The zero-order chi connectivity index (χ0) is 9.42. The molecule has 1 aromatic rings. The van der Waals surface area contributed by atoms with Crippen LogP contribution in [-0.4, -0.2) is 26.2 Å². The molecule has 1 N–H and O–H groups in total. The van der Waals surface area contributed by atoms with Gasteiger partial charge in [0.15, 0.2) is 0 Å². The maximum Gasteiger partial charge on any atom is 0.252 e. The highest BCUT2D eigenvalue weighted by atomic mass is 35.5. The van der Waals surface area contributed by atoms with Gasteiger partial charge in [0.05, 0.1) is 0 Å². The molecule has 1 fully saturated rings. The predicted octanol–water partition coefficient (Wildman–Crippen LogP) is -0.654. The van der Waals surface area contributed by atoms with E-state index in [4.69, 9.17) is 11.6 Å². The van der Waals surface area contributed by atoms with Crippen LogP contribution in [0.25, 0.3) is 0 Å². The second-order valence-electron chi connectivity index (χ2n) is 3.06. The fraction of sp³-hybridized carbons (Fsp3) is 0.500. The molecule has 13 heavy (non-hydrogen) atoms. The van der Waals surface area contributed by atoms with Crippen LogP contribution in [0.5, 0.6) is 0 Å². The number of hydrogen-bond donors (Lipinski definition) is 1. The Labute approximate surface area is 79.8 Å². The molecule has 0 saturated carbocycles. The monoisotopic (exact) mass is 200 g/mol. The molecule has 0 unspecified atom stereocenters. The number of piperazine rings is 1. The first-order valence-corrected chi connectivity index (χ1v) is 4.54. The average molecular weight is 201 g/mol. The van der Waals surface area contributed by atoms with Gasteiger partial charge in [0.25, 0.3) is 5.43 Å². The first-order chi connectivity index (χ1) is 6.22. The number of halogens is 1. The number of anilines is 1. The molecule has 0 radical (unpaired) electrons. The molecular formula is C8H9ClN2O2. The van der Waals surface area contributed by atoms with E-state index in [9.17, 15) is 9.59 Å². The summed E-state index contributed by atoms with van der Waals surface area (Å²) in [5.41, 5.74) is -0.574. The van der Waals surface area contributed by atoms with Crippen molar-refractivity contribution in [1.82, 2.24) is 5.32 Å². The molecule has 1 aliphatic heterocycles. The Kier molecular flexibility index (Phi) is 2.09. The molecule has 0 atom stereocenters. The molecular weight excluding hydrogens is 192 g/mol. The Morgan fingerprint density at radius 2 is 1.77 bits per heavy atom. The van der Waals surface area contributed by atoms with E-state index >= 15 is 0 Å². The zero-order valence-electron chi connectivity index (χ0n) is 6.97. The SMILES string of the molecule is O=c1c(Cl)c(N2CCNCC2)c1=O. The lowest BCUT2D eigenvalue weighted by Crippen LogP contribution is -2.49. The van der Waals surface area contributed by atoms with Gasteiger partial charge in [-0.3, -0.25) is 9.59 Å². The second-order valence-corrected chi connectivity index (χ2v) is 3.44. The van der Waals surface area contributed by atoms with Gasteiger partial charge in [-0.1, -0.05) is 11.6 Å². The van der Waals surface area contributed by atoms with Gasteiger partial charge in [0.1, 0.15) is 10.7 Å². The van der Waals surface area contributed by atoms with Crippen LogP contribution < -0.4 is 21.1 Å². The number of nitrogens with zero attached hydrogens (tertiary/aromatic N) is 1. The molecule has 4 nitrogen and oxygen atoms in total. The van der Waals surface area contributed by atoms with Crippen LogP contribution >= 0.6 is 11.6 Å². The summed E-state index contributed by atoms with van der Waals surface area (Å²) >= 11 is 5.64. The minimum absolute atomic E-state index is 0.104. The van der Waals surface area contributed by atoms with E-state index in [-0.39, 0.29) is 5.02 Å². The molecule has 1 saturated heterocycles. The maximum atomic E-state index is 11.1. The summed E-state index contributed by atoms with van der Waals surface area (Å²) in [6, 6.07) is 0. The van der Waals surface area contributed by atoms with Crippen molar-refractivity contribution >= 4 is 17.3 Å². The summed E-state index contributed by atoms with van der Waals surface area (Å²) in [6.45, 7) is 3.14. The lowest BCUT2D eigenvalue weighted by molar-refractivity contribution is 0.587. The van der Waals surface area contributed by atoms with E-state index in [1.807, 2.05) is 4.90 Å². The highest BCUT2D eigenvalue weighted by Crippen LogP contribution is 2.19. The van der Waals surface area contributed by atoms with E-state index in [0.717, 1.165) is 26.2 Å². The summed E-state index contributed by atoms with van der Waals surface area (Å²) in [5.74, 6) is 0. The highest BCUT2D eigenvalue weighted by molar-refractivity contribution is 6.34. The van der Waals surface area contributed by atoms with Crippen LogP contribution in [-0.2, 0) is 0 Å². The first kappa shape index (κ1) is 8.72. The maximum absolute atomic E-state index is 11.1. The zero-order valence-corrected chi connectivity index (χ0v) is 7.73. The van der Waals surface area contributed by atoms with E-state index in [0.29, 0.717) is 5.69 Å². The third kappa shape index (κ3) is 1.26. The van der Waals surface area contributed by atoms with Gasteiger partial charge in [-0.25, -0.2) is 0 Å². The molecule has 1 aromatic carbocycles. The quantitative estimate of drug-likeness (QED) is 0.612. The number of hydrogen-bond acceptors (Lipinski definition) is 4. The van der Waals surface area contributed by atoms with Crippen molar-refractivity contribution in [2.45, 2.75) is 0 Å². The van der Waals surface area contributed by atoms with Gasteiger partial charge in [-0.2, -0.15) is 0 Å². The Morgan fingerprint density at radius 3 is 2.31 bits per heavy atom. The van der Waals surface area contributed by atoms with E-state index in [1.54, 1.807) is 0 Å². The van der Waals surface area contributed by atoms with Gasteiger partial charge >= 0.3 is 0 Å². The summed E-state index contributed by atoms with van der Waals surface area (Å²) < 4.78 is 0. The van der Waals surface area contributed by atoms with Gasteiger partial charge in [-0.15, -0.1) is 0 Å². The van der Waals surface area contributed by atoms with Crippen molar-refractivity contribution in [3.63, 3.8) is 0 Å². The number of rotatable bonds is 1. The summed E-state index contributed by atoms with van der Waals surface area (Å²) in [7, 11) is 0. The fourth-order valence-electron chi connectivity index (χ4n) is 1.52. The standard InChI is InChI=1S/C8H9ClN2O2/c9-5-6(8(13)7(5)12)11-3-1-10-2-4-11/h10H,1-4H2. The molecule has 2 rings (SSSR count). The molecule has 0 aliphatic carbocycles. The molecule has 0 amide bonds. The van der Waals surface area contributed by atoms with Crippen LogP contribution in [0.3, 0.4) is 0 Å². The third-order valence-corrected chi connectivity index (χ3v) is 2.61. The van der Waals surface area contributed by atoms with Crippen LogP contribution in [0.2, 0.25) is 5.02 Å². The van der Waals surface area contributed by atoms with Crippen LogP contribution in [0.4, 0.5) is 5.69 Å². The molecule has 1 heterocycles. The van der Waals surface area contributed by atoms with Crippen molar-refractivity contribution in [2.75, 3.05) is 31.1 Å². The van der Waals surface area contributed by atoms with Gasteiger partial charge in [0.2, 0.25) is 5.43 Å². The molecule has 1 aliphatic rings. The lowest BCUT2D eigenvalue weighted by Gasteiger charge is -2.30. The predicted molar refractivity (Wildman–Crippen MR) is 51.4 cm³/mol. The molecule has 0 bridgehead atoms. The fourth-order valence-corrected chi connectivity index (χ4v) is 1.81. The molecule has 70 valence electrons. The first-order valence-electron chi connectivity index (χ1n) is 4.16. The molecule has 0 aromatic heterocycles. The Hall–Kier alpha value is -0.870. The lowest BCUT2D eigenvalue weighted by atomic mass is 10.2. The molecule has 5 heteroatoms. The van der Waals surface area contributed by atoms with Crippen molar-refractivity contribution in [1.29, 1.82) is 0 Å². The van der Waals surface area contributed by atoms with Gasteiger partial charge < -0.3 is 10.2 Å². The van der Waals surface area contributed by atoms with Crippen molar-refractivity contribution < 1.29 is 0 Å². The molecule has 0 spiro atoms. The van der Waals surface area contributed by atoms with Crippen molar-refractivity contribution in [2.24, 2.45) is 0 Å². The van der Waals surface area contributed by atoms with Crippen LogP contribution in [0, 0.1) is 0 Å². The largest absolute Gasteiger partial charge is 0.364 e. The minimum Gasteiger partial charge on any atom is -0.364 e. The van der Waals surface area contributed by atoms with Crippen molar-refractivity contribution in [3.05, 3.63) is 25.5 Å².